The number of guanidine groups is 1. The van der Waals surface area contributed by atoms with Crippen molar-refractivity contribution in [3.63, 3.8) is 0 Å². The average molecular weight is 438 g/mol. The normalized spacial score (nSPS) is 16.9. The Morgan fingerprint density at radius 1 is 1.33 bits per heavy atom. The van der Waals surface area contributed by atoms with Crippen molar-refractivity contribution in [2.45, 2.75) is 52.2 Å². The van der Waals surface area contributed by atoms with Crippen molar-refractivity contribution in [1.29, 1.82) is 0 Å². The Morgan fingerprint density at radius 2 is 2.07 bits per heavy atom. The number of alkyl carbamates (subject to hydrolysis) is 1. The van der Waals surface area contributed by atoms with Crippen molar-refractivity contribution in [2.24, 2.45) is 4.99 Å². The summed E-state index contributed by atoms with van der Waals surface area (Å²) < 4.78 is 5.31. The summed E-state index contributed by atoms with van der Waals surface area (Å²) in [6, 6.07) is 5.42. The van der Waals surface area contributed by atoms with E-state index in [1.807, 2.05) is 33.8 Å². The van der Waals surface area contributed by atoms with E-state index in [4.69, 9.17) is 16.3 Å². The van der Waals surface area contributed by atoms with Gasteiger partial charge in [0.25, 0.3) is 0 Å². The van der Waals surface area contributed by atoms with Gasteiger partial charge in [-0.15, -0.1) is 0 Å². The second-order valence-electron chi connectivity index (χ2n) is 8.26. The van der Waals surface area contributed by atoms with Crippen molar-refractivity contribution in [1.82, 2.24) is 15.5 Å². The maximum absolute atomic E-state index is 12.2. The number of carbonyl (C=O) groups excluding carboxylic acids is 2. The summed E-state index contributed by atoms with van der Waals surface area (Å²) in [4.78, 5) is 30.5. The minimum atomic E-state index is -0.524. The molecular weight excluding hydrogens is 406 g/mol. The van der Waals surface area contributed by atoms with Crippen molar-refractivity contribution >= 4 is 35.2 Å². The number of likely N-dealkylation sites (tertiary alicyclic amines) is 1. The van der Waals surface area contributed by atoms with E-state index in [1.54, 1.807) is 19.2 Å². The molecule has 2 amide bonds. The molecule has 0 saturated carbocycles. The predicted octanol–water partition coefficient (Wildman–Crippen LogP) is 3.15. The number of hydrogen-bond donors (Lipinski definition) is 3. The van der Waals surface area contributed by atoms with Crippen LogP contribution < -0.4 is 16.0 Å². The highest BCUT2D eigenvalue weighted by atomic mass is 35.5. The number of hydrogen-bond acceptors (Lipinski definition) is 4. The van der Waals surface area contributed by atoms with Gasteiger partial charge in [0, 0.05) is 43.8 Å². The molecule has 1 fully saturated rings. The van der Waals surface area contributed by atoms with Crippen LogP contribution in [0.25, 0.3) is 0 Å². The van der Waals surface area contributed by atoms with Gasteiger partial charge in [0.1, 0.15) is 5.60 Å². The molecule has 1 aromatic carbocycles. The molecule has 1 heterocycles. The topological polar surface area (TPSA) is 95.1 Å². The van der Waals surface area contributed by atoms with Crippen LogP contribution in [0, 0.1) is 6.92 Å². The van der Waals surface area contributed by atoms with E-state index in [0.29, 0.717) is 36.2 Å². The fraction of sp³-hybridized carbons (Fsp3) is 0.571. The fourth-order valence-corrected chi connectivity index (χ4v) is 3.29. The summed E-state index contributed by atoms with van der Waals surface area (Å²) in [6.07, 6.45) is 0.678. The van der Waals surface area contributed by atoms with Crippen LogP contribution >= 0.6 is 11.6 Å². The minimum absolute atomic E-state index is 0.00694. The number of nitrogens with one attached hydrogen (secondary N) is 3. The molecule has 1 aliphatic rings. The third-order valence-electron chi connectivity index (χ3n) is 4.60. The Kier molecular flexibility index (Phi) is 8.34. The molecule has 1 saturated heterocycles. The summed E-state index contributed by atoms with van der Waals surface area (Å²) >= 11 is 6.09. The highest BCUT2D eigenvalue weighted by Crippen LogP contribution is 2.22. The molecule has 3 N–H and O–H groups in total. The number of rotatable bonds is 5. The number of benzene rings is 1. The second-order valence-corrected chi connectivity index (χ2v) is 8.67. The Labute approximate surface area is 183 Å². The van der Waals surface area contributed by atoms with Gasteiger partial charge in [-0.1, -0.05) is 17.7 Å². The van der Waals surface area contributed by atoms with E-state index in [9.17, 15) is 9.59 Å². The second kappa shape index (κ2) is 10.5. The van der Waals surface area contributed by atoms with E-state index in [0.717, 1.165) is 18.5 Å². The zero-order valence-corrected chi connectivity index (χ0v) is 19.1. The number of anilines is 1. The first-order valence-electron chi connectivity index (χ1n) is 10.1. The Morgan fingerprint density at radius 3 is 2.73 bits per heavy atom. The van der Waals surface area contributed by atoms with Gasteiger partial charge in [-0.05, 0) is 51.8 Å². The number of nitrogens with zero attached hydrogens (tertiary/aromatic N) is 2. The molecule has 1 aromatic rings. The quantitative estimate of drug-likeness (QED) is 0.486. The van der Waals surface area contributed by atoms with Gasteiger partial charge >= 0.3 is 6.09 Å². The van der Waals surface area contributed by atoms with Gasteiger partial charge in [0.05, 0.1) is 6.04 Å². The molecule has 0 spiro atoms. The van der Waals surface area contributed by atoms with Gasteiger partial charge < -0.3 is 25.6 Å². The lowest BCUT2D eigenvalue weighted by Gasteiger charge is -2.23. The van der Waals surface area contributed by atoms with Crippen LogP contribution in [0.1, 0.15) is 39.2 Å². The van der Waals surface area contributed by atoms with Gasteiger partial charge in [0.15, 0.2) is 5.96 Å². The maximum atomic E-state index is 12.2. The molecule has 1 aliphatic heterocycles. The van der Waals surface area contributed by atoms with Crippen LogP contribution in [0.4, 0.5) is 10.5 Å². The van der Waals surface area contributed by atoms with E-state index >= 15 is 0 Å². The first kappa shape index (κ1) is 23.8. The lowest BCUT2D eigenvalue weighted by atomic mass is 10.2. The molecule has 8 nitrogen and oxygen atoms in total. The van der Waals surface area contributed by atoms with Crippen LogP contribution in [0.15, 0.2) is 23.2 Å². The molecule has 166 valence electrons. The van der Waals surface area contributed by atoms with E-state index in [1.165, 1.54) is 0 Å². The Hall–Kier alpha value is -2.48. The number of carbonyl (C=O) groups is 2. The SMILES string of the molecule is CN=C(NCCC(=O)Nc1cccc(Cl)c1C)N1CCC(NC(=O)OC(C)(C)C)C1. The van der Waals surface area contributed by atoms with Crippen LogP contribution in [-0.2, 0) is 9.53 Å². The van der Waals surface area contributed by atoms with E-state index in [-0.39, 0.29) is 11.9 Å². The van der Waals surface area contributed by atoms with Crippen LogP contribution in [-0.4, -0.2) is 61.2 Å². The average Bonchev–Trinajstić information content (AvgIpc) is 3.09. The molecule has 30 heavy (non-hydrogen) atoms. The van der Waals surface area contributed by atoms with Crippen molar-refractivity contribution in [2.75, 3.05) is 32.0 Å². The van der Waals surface area contributed by atoms with Crippen LogP contribution in [0.3, 0.4) is 0 Å². The molecule has 0 bridgehead atoms. The first-order valence-corrected chi connectivity index (χ1v) is 10.5. The largest absolute Gasteiger partial charge is 0.444 e. The third-order valence-corrected chi connectivity index (χ3v) is 5.01. The zero-order valence-electron chi connectivity index (χ0n) is 18.3. The highest BCUT2D eigenvalue weighted by Gasteiger charge is 2.27. The fourth-order valence-electron chi connectivity index (χ4n) is 3.12. The van der Waals surface area contributed by atoms with Crippen LogP contribution in [0.2, 0.25) is 5.02 Å². The standard InChI is InChI=1S/C21H32ClN5O3/c1-14-16(22)7-6-8-17(14)26-18(28)9-11-24-19(23-5)27-12-10-15(13-27)25-20(29)30-21(2,3)4/h6-8,15H,9-13H2,1-5H3,(H,23,24)(H,25,29)(H,26,28). The molecule has 1 atom stereocenters. The summed E-state index contributed by atoms with van der Waals surface area (Å²) in [7, 11) is 1.70. The lowest BCUT2D eigenvalue weighted by molar-refractivity contribution is -0.116. The van der Waals surface area contributed by atoms with Gasteiger partial charge in [-0.25, -0.2) is 4.79 Å². The van der Waals surface area contributed by atoms with Gasteiger partial charge in [0.2, 0.25) is 5.91 Å². The first-order chi connectivity index (χ1) is 14.1. The summed E-state index contributed by atoms with van der Waals surface area (Å²) in [6.45, 7) is 9.21. The Bertz CT molecular complexity index is 791. The molecule has 0 radical (unpaired) electrons. The predicted molar refractivity (Wildman–Crippen MR) is 120 cm³/mol. The number of ether oxygens (including phenoxy) is 1. The number of halogens is 1. The van der Waals surface area contributed by atoms with Crippen molar-refractivity contribution in [3.8, 4) is 0 Å². The summed E-state index contributed by atoms with van der Waals surface area (Å²) in [5, 5.41) is 9.61. The van der Waals surface area contributed by atoms with Gasteiger partial charge in [-0.3, -0.25) is 9.79 Å². The molecule has 2 rings (SSSR count). The molecular formula is C21H32ClN5O3. The monoisotopic (exact) mass is 437 g/mol. The van der Waals surface area contributed by atoms with Gasteiger partial charge in [-0.2, -0.15) is 0 Å². The number of amides is 2. The molecule has 0 aliphatic carbocycles. The minimum Gasteiger partial charge on any atom is -0.444 e. The van der Waals surface area contributed by atoms with Crippen LogP contribution in [0.5, 0.6) is 0 Å². The van der Waals surface area contributed by atoms with Crippen molar-refractivity contribution < 1.29 is 14.3 Å². The maximum Gasteiger partial charge on any atom is 0.407 e. The number of aliphatic imine (C=N–C) groups is 1. The van der Waals surface area contributed by atoms with Crippen molar-refractivity contribution in [3.05, 3.63) is 28.8 Å². The Balaban J connectivity index is 1.76. The highest BCUT2D eigenvalue weighted by molar-refractivity contribution is 6.31. The molecule has 0 aromatic heterocycles. The molecule has 1 unspecified atom stereocenters. The summed E-state index contributed by atoms with van der Waals surface area (Å²) in [5.74, 6) is 0.601. The molecule has 9 heteroatoms. The van der Waals surface area contributed by atoms with E-state index in [2.05, 4.69) is 25.8 Å². The zero-order chi connectivity index (χ0) is 22.3. The third kappa shape index (κ3) is 7.40. The smallest absolute Gasteiger partial charge is 0.407 e. The lowest BCUT2D eigenvalue weighted by Crippen LogP contribution is -2.44. The summed E-state index contributed by atoms with van der Waals surface area (Å²) in [5.41, 5.74) is 1.04. The van der Waals surface area contributed by atoms with E-state index < -0.39 is 11.7 Å².